The maximum absolute atomic E-state index is 10.8. The lowest BCUT2D eigenvalue weighted by molar-refractivity contribution is -0.131. The molecule has 0 spiro atoms. The molecule has 3 N–H and O–H groups in total. The minimum atomic E-state index is -1.53. The molecule has 0 unspecified atom stereocenters. The molecule has 0 aromatic carbocycles. The Labute approximate surface area is 67.8 Å². The molecular formula is C7H6N2O3. The summed E-state index contributed by atoms with van der Waals surface area (Å²) in [5, 5.41) is 8.33. The van der Waals surface area contributed by atoms with Gasteiger partial charge in [-0.3, -0.25) is 9.78 Å². The number of nitrogens with zero attached hydrogens (tertiary/aromatic N) is 1. The van der Waals surface area contributed by atoms with Crippen LogP contribution in [-0.4, -0.2) is 21.8 Å². The molecule has 0 amide bonds. The molecule has 1 rings (SSSR count). The van der Waals surface area contributed by atoms with Gasteiger partial charge < -0.3 is 10.8 Å². The molecule has 12 heavy (non-hydrogen) atoms. The van der Waals surface area contributed by atoms with Crippen LogP contribution < -0.4 is 5.73 Å². The number of nitrogen functional groups attached to an aromatic ring is 1. The van der Waals surface area contributed by atoms with E-state index in [4.69, 9.17) is 10.8 Å². The van der Waals surface area contributed by atoms with E-state index in [1.54, 1.807) is 0 Å². The number of carbonyl (C=O) groups is 2. The van der Waals surface area contributed by atoms with Crippen LogP contribution in [0, 0.1) is 0 Å². The van der Waals surface area contributed by atoms with Crippen LogP contribution in [0.5, 0.6) is 0 Å². The molecule has 62 valence electrons. The zero-order valence-corrected chi connectivity index (χ0v) is 6.02. The lowest BCUT2D eigenvalue weighted by Gasteiger charge is -1.98. The van der Waals surface area contributed by atoms with E-state index in [1.807, 2.05) is 0 Å². The highest BCUT2D eigenvalue weighted by Gasteiger charge is 2.16. The van der Waals surface area contributed by atoms with Crippen LogP contribution in [0.3, 0.4) is 0 Å². The summed E-state index contributed by atoms with van der Waals surface area (Å²) in [6.45, 7) is 0. The van der Waals surface area contributed by atoms with Gasteiger partial charge in [-0.2, -0.15) is 0 Å². The monoisotopic (exact) mass is 166 g/mol. The first kappa shape index (κ1) is 8.19. The van der Waals surface area contributed by atoms with E-state index < -0.39 is 11.8 Å². The van der Waals surface area contributed by atoms with Crippen molar-refractivity contribution < 1.29 is 14.7 Å². The Morgan fingerprint density at radius 3 is 2.67 bits per heavy atom. The third-order valence-corrected chi connectivity index (χ3v) is 1.29. The van der Waals surface area contributed by atoms with Crippen molar-refractivity contribution in [3.8, 4) is 0 Å². The molecule has 0 atom stereocenters. The first-order chi connectivity index (χ1) is 5.63. The normalized spacial score (nSPS) is 9.33. The first-order valence-electron chi connectivity index (χ1n) is 3.10. The van der Waals surface area contributed by atoms with Crippen LogP contribution >= 0.6 is 0 Å². The van der Waals surface area contributed by atoms with Crippen LogP contribution in [0.25, 0.3) is 0 Å². The third-order valence-electron chi connectivity index (χ3n) is 1.29. The summed E-state index contributed by atoms with van der Waals surface area (Å²) in [7, 11) is 0. The van der Waals surface area contributed by atoms with Gasteiger partial charge in [0.05, 0.1) is 5.56 Å². The fourth-order valence-corrected chi connectivity index (χ4v) is 0.710. The number of Topliss-reactive ketones (excluding diaryl/α,β-unsaturated/α-hetero) is 1. The number of hydrogen-bond donors (Lipinski definition) is 2. The molecule has 0 fully saturated rings. The van der Waals surface area contributed by atoms with Gasteiger partial charge in [-0.1, -0.05) is 0 Å². The number of pyridine rings is 1. The number of aromatic nitrogens is 1. The van der Waals surface area contributed by atoms with Gasteiger partial charge in [0.2, 0.25) is 0 Å². The van der Waals surface area contributed by atoms with E-state index in [-0.39, 0.29) is 11.3 Å². The molecule has 1 heterocycles. The zero-order valence-electron chi connectivity index (χ0n) is 6.02. The predicted molar refractivity (Wildman–Crippen MR) is 40.6 cm³/mol. The zero-order chi connectivity index (χ0) is 9.14. The van der Waals surface area contributed by atoms with Gasteiger partial charge in [0, 0.05) is 18.1 Å². The number of carboxylic acids is 1. The molecule has 1 aromatic rings. The molecule has 0 saturated carbocycles. The van der Waals surface area contributed by atoms with E-state index in [0.29, 0.717) is 0 Å². The lowest BCUT2D eigenvalue weighted by Crippen LogP contribution is -2.14. The third kappa shape index (κ3) is 1.39. The Morgan fingerprint density at radius 1 is 1.50 bits per heavy atom. The SMILES string of the molecule is Nc1ccncc1C(=O)C(=O)O. The van der Waals surface area contributed by atoms with Gasteiger partial charge in [-0.05, 0) is 6.07 Å². The van der Waals surface area contributed by atoms with Crippen LogP contribution in [0.2, 0.25) is 0 Å². The molecule has 0 radical (unpaired) electrons. The molecule has 0 aliphatic carbocycles. The smallest absolute Gasteiger partial charge is 0.377 e. The van der Waals surface area contributed by atoms with Crippen molar-refractivity contribution in [2.24, 2.45) is 0 Å². The Morgan fingerprint density at radius 2 is 2.17 bits per heavy atom. The fourth-order valence-electron chi connectivity index (χ4n) is 0.710. The largest absolute Gasteiger partial charge is 0.475 e. The highest BCUT2D eigenvalue weighted by molar-refractivity contribution is 6.40. The van der Waals surface area contributed by atoms with Gasteiger partial charge in [0.25, 0.3) is 5.78 Å². The van der Waals surface area contributed by atoms with E-state index >= 15 is 0 Å². The van der Waals surface area contributed by atoms with Crippen molar-refractivity contribution in [3.63, 3.8) is 0 Å². The number of carbonyl (C=O) groups excluding carboxylic acids is 1. The second-order valence-corrected chi connectivity index (χ2v) is 2.10. The average molecular weight is 166 g/mol. The highest BCUT2D eigenvalue weighted by atomic mass is 16.4. The predicted octanol–water partition coefficient (Wildman–Crippen LogP) is -0.0689. The van der Waals surface area contributed by atoms with Crippen molar-refractivity contribution in [2.45, 2.75) is 0 Å². The molecule has 0 bridgehead atoms. The number of anilines is 1. The Kier molecular flexibility index (Phi) is 2.05. The van der Waals surface area contributed by atoms with Crippen molar-refractivity contribution >= 4 is 17.4 Å². The fraction of sp³-hybridized carbons (Fsp3) is 0. The molecular weight excluding hydrogens is 160 g/mol. The summed E-state index contributed by atoms with van der Waals surface area (Å²) in [5.41, 5.74) is 5.38. The Hall–Kier alpha value is -1.91. The van der Waals surface area contributed by atoms with Gasteiger partial charge in [0.1, 0.15) is 0 Å². The number of rotatable bonds is 2. The Balaban J connectivity index is 3.11. The molecule has 1 aromatic heterocycles. The minimum Gasteiger partial charge on any atom is -0.475 e. The number of hydrogen-bond acceptors (Lipinski definition) is 4. The van der Waals surface area contributed by atoms with E-state index in [1.165, 1.54) is 12.3 Å². The number of ketones is 1. The summed E-state index contributed by atoms with van der Waals surface area (Å²) in [6, 6.07) is 1.37. The van der Waals surface area contributed by atoms with E-state index in [2.05, 4.69) is 4.98 Å². The second-order valence-electron chi connectivity index (χ2n) is 2.10. The van der Waals surface area contributed by atoms with E-state index in [9.17, 15) is 9.59 Å². The topological polar surface area (TPSA) is 93.3 Å². The molecule has 0 saturated heterocycles. The van der Waals surface area contributed by atoms with Gasteiger partial charge >= 0.3 is 5.97 Å². The van der Waals surface area contributed by atoms with Gasteiger partial charge in [-0.25, -0.2) is 4.79 Å². The summed E-state index contributed by atoms with van der Waals surface area (Å²) in [4.78, 5) is 24.6. The maximum Gasteiger partial charge on any atom is 0.377 e. The van der Waals surface area contributed by atoms with Crippen molar-refractivity contribution in [3.05, 3.63) is 24.0 Å². The maximum atomic E-state index is 10.8. The van der Waals surface area contributed by atoms with Crippen LogP contribution in [0.15, 0.2) is 18.5 Å². The average Bonchev–Trinajstić information content (AvgIpc) is 2.04. The van der Waals surface area contributed by atoms with E-state index in [0.717, 1.165) is 6.20 Å². The second kappa shape index (κ2) is 3.00. The number of aliphatic carboxylic acids is 1. The molecule has 5 heteroatoms. The molecule has 0 aliphatic heterocycles. The molecule has 0 aliphatic rings. The number of carboxylic acid groups (broad SMARTS) is 1. The van der Waals surface area contributed by atoms with Gasteiger partial charge in [0.15, 0.2) is 0 Å². The van der Waals surface area contributed by atoms with Crippen LogP contribution in [-0.2, 0) is 4.79 Å². The quantitative estimate of drug-likeness (QED) is 0.473. The van der Waals surface area contributed by atoms with Crippen molar-refractivity contribution in [1.82, 2.24) is 4.98 Å². The van der Waals surface area contributed by atoms with Crippen LogP contribution in [0.4, 0.5) is 5.69 Å². The standard InChI is InChI=1S/C7H6N2O3/c8-5-1-2-9-3-4(5)6(10)7(11)12/h1-3H,(H2,8,9)(H,11,12). The minimum absolute atomic E-state index is 0.0787. The molecule has 5 nitrogen and oxygen atoms in total. The van der Waals surface area contributed by atoms with Gasteiger partial charge in [-0.15, -0.1) is 0 Å². The summed E-state index contributed by atoms with van der Waals surface area (Å²) >= 11 is 0. The lowest BCUT2D eigenvalue weighted by atomic mass is 10.1. The summed E-state index contributed by atoms with van der Waals surface area (Å²) in [6.07, 6.45) is 2.51. The van der Waals surface area contributed by atoms with Crippen molar-refractivity contribution in [1.29, 1.82) is 0 Å². The van der Waals surface area contributed by atoms with Crippen LogP contribution in [0.1, 0.15) is 10.4 Å². The summed E-state index contributed by atoms with van der Waals surface area (Å²) in [5.74, 6) is -2.57. The summed E-state index contributed by atoms with van der Waals surface area (Å²) < 4.78 is 0. The van der Waals surface area contributed by atoms with Crippen molar-refractivity contribution in [2.75, 3.05) is 5.73 Å². The first-order valence-corrected chi connectivity index (χ1v) is 3.10. The Bertz CT molecular complexity index is 335. The number of nitrogens with two attached hydrogens (primary N) is 1. The highest BCUT2D eigenvalue weighted by Crippen LogP contribution is 2.08.